The number of nitrogens with one attached hydrogen (secondary N) is 1. The Kier molecular flexibility index (Phi) is 4.55. The third-order valence-corrected chi connectivity index (χ3v) is 4.06. The van der Waals surface area contributed by atoms with Gasteiger partial charge in [0.15, 0.2) is 0 Å². The molecular formula is C20H19N5O. The van der Waals surface area contributed by atoms with E-state index in [1.165, 1.54) is 0 Å². The fourth-order valence-electron chi connectivity index (χ4n) is 2.70. The molecule has 2 aromatic heterocycles. The van der Waals surface area contributed by atoms with Crippen LogP contribution in [0, 0.1) is 0 Å². The molecule has 4 rings (SSSR count). The third kappa shape index (κ3) is 3.26. The van der Waals surface area contributed by atoms with Gasteiger partial charge in [-0.15, -0.1) is 10.2 Å². The summed E-state index contributed by atoms with van der Waals surface area (Å²) >= 11 is 0. The van der Waals surface area contributed by atoms with Gasteiger partial charge in [0.25, 0.3) is 5.89 Å². The highest BCUT2D eigenvalue weighted by Crippen LogP contribution is 2.26. The number of para-hydroxylation sites is 1. The van der Waals surface area contributed by atoms with E-state index >= 15 is 0 Å². The van der Waals surface area contributed by atoms with Gasteiger partial charge in [-0.25, -0.2) is 9.97 Å². The smallest absolute Gasteiger partial charge is 0.286 e. The topological polar surface area (TPSA) is 76.7 Å². The van der Waals surface area contributed by atoms with Crippen molar-refractivity contribution in [2.75, 3.05) is 11.9 Å². The van der Waals surface area contributed by atoms with Gasteiger partial charge in [-0.3, -0.25) is 0 Å². The molecule has 0 radical (unpaired) electrons. The molecule has 0 aliphatic heterocycles. The molecule has 0 saturated carbocycles. The monoisotopic (exact) mass is 345 g/mol. The number of unbranched alkanes of at least 4 members (excludes halogenated alkanes) is 1. The number of anilines is 1. The van der Waals surface area contributed by atoms with Crippen LogP contribution in [0.15, 0.2) is 59.0 Å². The van der Waals surface area contributed by atoms with E-state index in [9.17, 15) is 0 Å². The van der Waals surface area contributed by atoms with Gasteiger partial charge in [0.05, 0.1) is 5.52 Å². The van der Waals surface area contributed by atoms with Crippen molar-refractivity contribution in [2.24, 2.45) is 0 Å². The van der Waals surface area contributed by atoms with E-state index in [-0.39, 0.29) is 0 Å². The zero-order valence-electron chi connectivity index (χ0n) is 14.5. The third-order valence-electron chi connectivity index (χ3n) is 4.06. The number of fused-ring (bicyclic) bond motifs is 1. The van der Waals surface area contributed by atoms with Crippen molar-refractivity contribution in [1.29, 1.82) is 0 Å². The van der Waals surface area contributed by atoms with E-state index in [0.717, 1.165) is 41.7 Å². The maximum absolute atomic E-state index is 5.81. The lowest BCUT2D eigenvalue weighted by Crippen LogP contribution is -2.05. The first-order valence-electron chi connectivity index (χ1n) is 8.75. The predicted molar refractivity (Wildman–Crippen MR) is 102 cm³/mol. The largest absolute Gasteiger partial charge is 0.413 e. The van der Waals surface area contributed by atoms with Gasteiger partial charge in [0.1, 0.15) is 5.82 Å². The molecule has 0 spiro atoms. The number of hydrogen-bond acceptors (Lipinski definition) is 6. The molecule has 0 saturated heterocycles. The Morgan fingerprint density at radius 2 is 1.65 bits per heavy atom. The second-order valence-electron chi connectivity index (χ2n) is 5.97. The van der Waals surface area contributed by atoms with E-state index in [4.69, 9.17) is 4.42 Å². The van der Waals surface area contributed by atoms with Crippen molar-refractivity contribution in [3.63, 3.8) is 0 Å². The van der Waals surface area contributed by atoms with Crippen molar-refractivity contribution >= 4 is 16.7 Å². The zero-order valence-corrected chi connectivity index (χ0v) is 14.5. The number of nitrogens with zero attached hydrogens (tertiary/aromatic N) is 4. The zero-order chi connectivity index (χ0) is 17.8. The highest BCUT2D eigenvalue weighted by Gasteiger charge is 2.15. The first-order chi connectivity index (χ1) is 12.8. The van der Waals surface area contributed by atoms with Gasteiger partial charge in [-0.05, 0) is 30.7 Å². The SMILES string of the molecule is CCCCNc1nc(-c2nnc(-c3ccccc3)o2)nc2ccccc12. The summed E-state index contributed by atoms with van der Waals surface area (Å²) in [5.74, 6) is 1.99. The summed E-state index contributed by atoms with van der Waals surface area (Å²) in [5, 5.41) is 12.6. The summed E-state index contributed by atoms with van der Waals surface area (Å²) in [4.78, 5) is 9.23. The molecule has 0 fully saturated rings. The van der Waals surface area contributed by atoms with Crippen LogP contribution in [-0.4, -0.2) is 26.7 Å². The fraction of sp³-hybridized carbons (Fsp3) is 0.200. The Morgan fingerprint density at radius 3 is 2.50 bits per heavy atom. The van der Waals surface area contributed by atoms with Crippen LogP contribution < -0.4 is 5.32 Å². The second-order valence-corrected chi connectivity index (χ2v) is 5.97. The Hall–Kier alpha value is -3.28. The average Bonchev–Trinajstić information content (AvgIpc) is 3.19. The van der Waals surface area contributed by atoms with Crippen LogP contribution in [0.25, 0.3) is 34.1 Å². The maximum atomic E-state index is 5.81. The maximum Gasteiger partial charge on any atom is 0.286 e. The Bertz CT molecular complexity index is 1010. The minimum atomic E-state index is 0.313. The molecule has 2 aromatic carbocycles. The van der Waals surface area contributed by atoms with E-state index in [1.807, 2.05) is 54.6 Å². The number of rotatable bonds is 6. The van der Waals surface area contributed by atoms with Gasteiger partial charge in [0, 0.05) is 17.5 Å². The molecule has 0 aliphatic rings. The minimum Gasteiger partial charge on any atom is -0.413 e. The molecule has 6 nitrogen and oxygen atoms in total. The van der Waals surface area contributed by atoms with Gasteiger partial charge in [0.2, 0.25) is 11.7 Å². The number of aromatic nitrogens is 4. The molecule has 0 atom stereocenters. The summed E-state index contributed by atoms with van der Waals surface area (Å²) in [6.07, 6.45) is 2.19. The quantitative estimate of drug-likeness (QED) is 0.516. The summed E-state index contributed by atoms with van der Waals surface area (Å²) in [7, 11) is 0. The van der Waals surface area contributed by atoms with Crippen molar-refractivity contribution in [2.45, 2.75) is 19.8 Å². The molecule has 26 heavy (non-hydrogen) atoms. The molecule has 0 amide bonds. The predicted octanol–water partition coefficient (Wildman–Crippen LogP) is 4.56. The van der Waals surface area contributed by atoms with E-state index in [0.29, 0.717) is 17.6 Å². The molecule has 1 N–H and O–H groups in total. The van der Waals surface area contributed by atoms with Crippen LogP contribution in [0.3, 0.4) is 0 Å². The average molecular weight is 345 g/mol. The number of benzene rings is 2. The molecular weight excluding hydrogens is 326 g/mol. The lowest BCUT2D eigenvalue weighted by atomic mass is 10.2. The van der Waals surface area contributed by atoms with E-state index in [1.54, 1.807) is 0 Å². The van der Waals surface area contributed by atoms with Gasteiger partial charge >= 0.3 is 0 Å². The van der Waals surface area contributed by atoms with E-state index in [2.05, 4.69) is 32.4 Å². The van der Waals surface area contributed by atoms with Crippen LogP contribution >= 0.6 is 0 Å². The first kappa shape index (κ1) is 16.2. The lowest BCUT2D eigenvalue weighted by molar-refractivity contribution is 0.579. The Balaban J connectivity index is 1.73. The standard InChI is InChI=1S/C20H19N5O/c1-2-3-13-21-17-15-11-7-8-12-16(15)22-18(23-17)20-25-24-19(26-20)14-9-5-4-6-10-14/h4-12H,2-3,13H2,1H3,(H,21,22,23). The molecule has 6 heteroatoms. The lowest BCUT2D eigenvalue weighted by Gasteiger charge is -2.09. The molecule has 0 unspecified atom stereocenters. The van der Waals surface area contributed by atoms with Crippen LogP contribution in [0.4, 0.5) is 5.82 Å². The Labute approximate surface area is 151 Å². The van der Waals surface area contributed by atoms with Crippen molar-refractivity contribution in [3.8, 4) is 23.2 Å². The van der Waals surface area contributed by atoms with Gasteiger partial charge in [-0.2, -0.15) is 0 Å². The first-order valence-corrected chi connectivity index (χ1v) is 8.75. The van der Waals surface area contributed by atoms with Crippen molar-refractivity contribution in [1.82, 2.24) is 20.2 Å². The highest BCUT2D eigenvalue weighted by atomic mass is 16.4. The molecule has 0 bridgehead atoms. The van der Waals surface area contributed by atoms with Crippen LogP contribution in [0.1, 0.15) is 19.8 Å². The van der Waals surface area contributed by atoms with Gasteiger partial charge < -0.3 is 9.73 Å². The summed E-state index contributed by atoms with van der Waals surface area (Å²) < 4.78 is 5.81. The molecule has 0 aliphatic carbocycles. The fourth-order valence-corrected chi connectivity index (χ4v) is 2.70. The molecule has 4 aromatic rings. The number of hydrogen-bond donors (Lipinski definition) is 1. The molecule has 130 valence electrons. The summed E-state index contributed by atoms with van der Waals surface area (Å²) in [5.41, 5.74) is 1.71. The van der Waals surface area contributed by atoms with E-state index < -0.39 is 0 Å². The molecule has 2 heterocycles. The second kappa shape index (κ2) is 7.31. The van der Waals surface area contributed by atoms with Crippen molar-refractivity contribution in [3.05, 3.63) is 54.6 Å². The summed E-state index contributed by atoms with van der Waals surface area (Å²) in [6, 6.07) is 17.6. The van der Waals surface area contributed by atoms with Gasteiger partial charge in [-0.1, -0.05) is 43.7 Å². The van der Waals surface area contributed by atoms with Crippen LogP contribution in [-0.2, 0) is 0 Å². The summed E-state index contributed by atoms with van der Waals surface area (Å²) in [6.45, 7) is 3.02. The highest BCUT2D eigenvalue weighted by molar-refractivity contribution is 5.90. The Morgan fingerprint density at radius 1 is 0.885 bits per heavy atom. The minimum absolute atomic E-state index is 0.313. The van der Waals surface area contributed by atoms with Crippen LogP contribution in [0.2, 0.25) is 0 Å². The van der Waals surface area contributed by atoms with Crippen molar-refractivity contribution < 1.29 is 4.42 Å². The van der Waals surface area contributed by atoms with Crippen LogP contribution in [0.5, 0.6) is 0 Å². The normalized spacial score (nSPS) is 11.0.